The lowest BCUT2D eigenvalue weighted by Gasteiger charge is -2.28. The van der Waals surface area contributed by atoms with E-state index in [1.54, 1.807) is 0 Å². The number of carbonyl (C=O) groups excluding carboxylic acids is 1. The molecule has 0 saturated heterocycles. The number of benzene rings is 3. The van der Waals surface area contributed by atoms with Crippen LogP contribution in [-0.2, 0) is 11.3 Å². The Balaban J connectivity index is 1.33. The Morgan fingerprint density at radius 1 is 0.812 bits per heavy atom. The Morgan fingerprint density at radius 2 is 1.41 bits per heavy atom. The fraction of sp³-hybridized carbons (Fsp3) is 0.345. The van der Waals surface area contributed by atoms with E-state index in [4.69, 9.17) is 4.74 Å². The molecule has 0 radical (unpaired) electrons. The van der Waals surface area contributed by atoms with Gasteiger partial charge in [-0.2, -0.15) is 0 Å². The Labute approximate surface area is 191 Å². The Kier molecular flexibility index (Phi) is 6.24. The second kappa shape index (κ2) is 9.60. The largest absolute Gasteiger partial charge is 0.493 e. The smallest absolute Gasteiger partial charge is 0.235 e. The van der Waals surface area contributed by atoms with Crippen molar-refractivity contribution < 1.29 is 9.53 Å². The summed E-state index contributed by atoms with van der Waals surface area (Å²) in [6.07, 6.45) is 6.10. The van der Waals surface area contributed by atoms with E-state index in [2.05, 4.69) is 53.4 Å². The lowest BCUT2D eigenvalue weighted by molar-refractivity contribution is -0.133. The number of hydrogen-bond donors (Lipinski definition) is 0. The third-order valence-corrected chi connectivity index (χ3v) is 6.77. The topological polar surface area (TPSA) is 29.5 Å². The van der Waals surface area contributed by atoms with Gasteiger partial charge >= 0.3 is 0 Å². The molecule has 0 atom stereocenters. The number of carbonyl (C=O) groups is 1. The first-order valence-corrected chi connectivity index (χ1v) is 11.9. The van der Waals surface area contributed by atoms with Crippen LogP contribution in [0.5, 0.6) is 5.75 Å². The van der Waals surface area contributed by atoms with Gasteiger partial charge in [-0.1, -0.05) is 79.2 Å². The number of nitrogens with zero attached hydrogens (tertiary/aromatic N) is 1. The summed E-state index contributed by atoms with van der Waals surface area (Å²) >= 11 is 0. The van der Waals surface area contributed by atoms with Crippen LogP contribution >= 0.6 is 0 Å². The molecule has 2 aliphatic rings. The lowest BCUT2D eigenvalue weighted by atomic mass is 9.86. The van der Waals surface area contributed by atoms with Crippen LogP contribution in [-0.4, -0.2) is 23.5 Å². The molecule has 3 aromatic rings. The molecule has 0 aliphatic heterocycles. The van der Waals surface area contributed by atoms with Gasteiger partial charge in [0.1, 0.15) is 5.75 Å². The first kappa shape index (κ1) is 20.8. The molecular formula is C29H31NO2. The Morgan fingerprint density at radius 3 is 1.91 bits per heavy atom. The fourth-order valence-electron chi connectivity index (χ4n) is 4.47. The van der Waals surface area contributed by atoms with Gasteiger partial charge in [0, 0.05) is 12.6 Å². The van der Waals surface area contributed by atoms with Gasteiger partial charge in [-0.3, -0.25) is 4.79 Å². The standard InChI is InChI=1S/C29H31NO2/c31-29(28(24-10-3-1-4-11-24)25-12-5-2-6-13-25)30(26-16-17-26)20-22-14-18-27(19-15-22)32-21-23-8-7-9-23/h1-6,10-15,18-19,23,26,28H,7-9,16-17,20-21H2. The Hall–Kier alpha value is -3.07. The second-order valence-electron chi connectivity index (χ2n) is 9.20. The molecule has 2 saturated carbocycles. The molecule has 0 heterocycles. The van der Waals surface area contributed by atoms with Crippen molar-refractivity contribution in [2.75, 3.05) is 6.61 Å². The monoisotopic (exact) mass is 425 g/mol. The SMILES string of the molecule is O=C(C(c1ccccc1)c1ccccc1)N(Cc1ccc(OCC2CCC2)cc1)C1CC1. The molecule has 3 nitrogen and oxygen atoms in total. The highest BCUT2D eigenvalue weighted by Crippen LogP contribution is 2.35. The molecular weight excluding hydrogens is 394 g/mol. The van der Waals surface area contributed by atoms with E-state index in [9.17, 15) is 4.79 Å². The first-order valence-electron chi connectivity index (χ1n) is 11.9. The van der Waals surface area contributed by atoms with Crippen molar-refractivity contribution in [1.29, 1.82) is 0 Å². The summed E-state index contributed by atoms with van der Waals surface area (Å²) in [5.74, 6) is 1.57. The highest BCUT2D eigenvalue weighted by molar-refractivity contribution is 5.87. The third-order valence-electron chi connectivity index (χ3n) is 6.77. The van der Waals surface area contributed by atoms with E-state index in [1.807, 2.05) is 36.4 Å². The average Bonchev–Trinajstić information content (AvgIpc) is 3.64. The van der Waals surface area contributed by atoms with E-state index in [0.29, 0.717) is 12.6 Å². The van der Waals surface area contributed by atoms with Gasteiger partial charge in [-0.05, 0) is 60.4 Å². The van der Waals surface area contributed by atoms with Crippen molar-refractivity contribution >= 4 is 5.91 Å². The van der Waals surface area contributed by atoms with Gasteiger partial charge < -0.3 is 9.64 Å². The first-order chi connectivity index (χ1) is 15.8. The highest BCUT2D eigenvalue weighted by atomic mass is 16.5. The van der Waals surface area contributed by atoms with Crippen LogP contribution in [0.4, 0.5) is 0 Å². The summed E-state index contributed by atoms with van der Waals surface area (Å²) in [6, 6.07) is 29.0. The molecule has 5 rings (SSSR count). The average molecular weight is 426 g/mol. The van der Waals surface area contributed by atoms with E-state index < -0.39 is 0 Å². The zero-order chi connectivity index (χ0) is 21.8. The molecule has 0 aromatic heterocycles. The summed E-state index contributed by atoms with van der Waals surface area (Å²) in [4.78, 5) is 16.0. The zero-order valence-electron chi connectivity index (χ0n) is 18.5. The summed E-state index contributed by atoms with van der Waals surface area (Å²) in [7, 11) is 0. The molecule has 2 aliphatic carbocycles. The maximum absolute atomic E-state index is 13.9. The number of rotatable bonds is 9. The third kappa shape index (κ3) is 4.88. The normalized spacial score (nSPS) is 15.9. The minimum atomic E-state index is -0.275. The molecule has 3 heteroatoms. The summed E-state index contributed by atoms with van der Waals surface area (Å²) in [5.41, 5.74) is 3.25. The summed E-state index contributed by atoms with van der Waals surface area (Å²) in [5, 5.41) is 0. The quantitative estimate of drug-likeness (QED) is 0.409. The van der Waals surface area contributed by atoms with Crippen molar-refractivity contribution in [2.45, 2.75) is 50.6 Å². The van der Waals surface area contributed by atoms with Gasteiger partial charge in [-0.15, -0.1) is 0 Å². The van der Waals surface area contributed by atoms with Gasteiger partial charge in [0.05, 0.1) is 12.5 Å². The van der Waals surface area contributed by atoms with Crippen molar-refractivity contribution in [3.8, 4) is 5.75 Å². The van der Waals surface area contributed by atoms with Crippen LogP contribution < -0.4 is 4.74 Å². The predicted octanol–water partition coefficient (Wildman–Crippen LogP) is 6.19. The molecule has 0 unspecified atom stereocenters. The molecule has 0 bridgehead atoms. The zero-order valence-corrected chi connectivity index (χ0v) is 18.5. The van der Waals surface area contributed by atoms with Crippen molar-refractivity contribution in [3.05, 3.63) is 102 Å². The van der Waals surface area contributed by atoms with Crippen molar-refractivity contribution in [3.63, 3.8) is 0 Å². The molecule has 0 spiro atoms. The minimum absolute atomic E-state index is 0.190. The van der Waals surface area contributed by atoms with Crippen LogP contribution in [0.3, 0.4) is 0 Å². The van der Waals surface area contributed by atoms with Gasteiger partial charge in [0.25, 0.3) is 0 Å². The predicted molar refractivity (Wildman–Crippen MR) is 128 cm³/mol. The van der Waals surface area contributed by atoms with Crippen LogP contribution in [0.1, 0.15) is 54.7 Å². The van der Waals surface area contributed by atoms with Gasteiger partial charge in [0.2, 0.25) is 5.91 Å². The van der Waals surface area contributed by atoms with Crippen LogP contribution in [0.15, 0.2) is 84.9 Å². The number of hydrogen-bond acceptors (Lipinski definition) is 2. The summed E-state index contributed by atoms with van der Waals surface area (Å²) < 4.78 is 5.95. The molecule has 2 fully saturated rings. The molecule has 3 aromatic carbocycles. The van der Waals surface area contributed by atoms with Gasteiger partial charge in [0.15, 0.2) is 0 Å². The molecule has 1 amide bonds. The maximum atomic E-state index is 13.9. The Bertz CT molecular complexity index is 969. The van der Waals surface area contributed by atoms with E-state index in [-0.39, 0.29) is 11.8 Å². The second-order valence-corrected chi connectivity index (χ2v) is 9.20. The molecule has 32 heavy (non-hydrogen) atoms. The summed E-state index contributed by atoms with van der Waals surface area (Å²) in [6.45, 7) is 1.46. The van der Waals surface area contributed by atoms with Gasteiger partial charge in [-0.25, -0.2) is 0 Å². The van der Waals surface area contributed by atoms with Crippen molar-refractivity contribution in [2.24, 2.45) is 5.92 Å². The number of ether oxygens (including phenoxy) is 1. The minimum Gasteiger partial charge on any atom is -0.493 e. The van der Waals surface area contributed by atoms with Crippen LogP contribution in [0.25, 0.3) is 0 Å². The maximum Gasteiger partial charge on any atom is 0.235 e. The van der Waals surface area contributed by atoms with E-state index in [0.717, 1.165) is 47.8 Å². The highest BCUT2D eigenvalue weighted by Gasteiger charge is 2.37. The van der Waals surface area contributed by atoms with Crippen LogP contribution in [0, 0.1) is 5.92 Å². The number of amides is 1. The fourth-order valence-corrected chi connectivity index (χ4v) is 4.47. The molecule has 164 valence electrons. The molecule has 0 N–H and O–H groups in total. The van der Waals surface area contributed by atoms with E-state index in [1.165, 1.54) is 19.3 Å². The van der Waals surface area contributed by atoms with Crippen LogP contribution in [0.2, 0.25) is 0 Å². The van der Waals surface area contributed by atoms with E-state index >= 15 is 0 Å². The van der Waals surface area contributed by atoms with Crippen molar-refractivity contribution in [1.82, 2.24) is 4.90 Å². The lowest BCUT2D eigenvalue weighted by Crippen LogP contribution is -2.37.